The second-order valence-electron chi connectivity index (χ2n) is 6.13. The molecule has 1 heterocycles. The molecule has 0 aliphatic rings. The van der Waals surface area contributed by atoms with Crippen molar-refractivity contribution >= 4 is 16.8 Å². The summed E-state index contributed by atoms with van der Waals surface area (Å²) in [5.74, 6) is 0.648. The van der Waals surface area contributed by atoms with Gasteiger partial charge in [0.2, 0.25) is 5.91 Å². The molecule has 1 aromatic heterocycles. The monoisotopic (exact) mass is 401 g/mol. The molecule has 0 unspecified atom stereocenters. The number of ether oxygens (including phenoxy) is 3. The van der Waals surface area contributed by atoms with E-state index in [1.54, 1.807) is 12.1 Å². The summed E-state index contributed by atoms with van der Waals surface area (Å²) in [6.07, 6.45) is 1.22. The second kappa shape index (κ2) is 8.59. The lowest BCUT2D eigenvalue weighted by Gasteiger charge is -2.15. The van der Waals surface area contributed by atoms with Gasteiger partial charge in [-0.2, -0.15) is 0 Å². The Balaban J connectivity index is 1.75. The van der Waals surface area contributed by atoms with Crippen molar-refractivity contribution < 1.29 is 23.4 Å². The van der Waals surface area contributed by atoms with Gasteiger partial charge in [-0.15, -0.1) is 0 Å². The Morgan fingerprint density at radius 1 is 1.07 bits per heavy atom. The third-order valence-corrected chi connectivity index (χ3v) is 4.36. The molecule has 152 valence electrons. The normalized spacial score (nSPS) is 10.6. The zero-order valence-corrected chi connectivity index (χ0v) is 16.2. The van der Waals surface area contributed by atoms with E-state index in [4.69, 9.17) is 14.2 Å². The Morgan fingerprint density at radius 3 is 2.45 bits per heavy atom. The largest absolute Gasteiger partial charge is 0.496 e. The number of fused-ring (bicyclic) bond motifs is 1. The van der Waals surface area contributed by atoms with Gasteiger partial charge in [0, 0.05) is 24.2 Å². The summed E-state index contributed by atoms with van der Waals surface area (Å²) in [4.78, 5) is 28.9. The predicted octanol–water partition coefficient (Wildman–Crippen LogP) is 1.88. The fourth-order valence-corrected chi connectivity index (χ4v) is 2.88. The van der Waals surface area contributed by atoms with E-state index >= 15 is 0 Å². The van der Waals surface area contributed by atoms with Crippen LogP contribution in [0.25, 0.3) is 10.9 Å². The molecule has 8 nitrogen and oxygen atoms in total. The van der Waals surface area contributed by atoms with Crippen LogP contribution in [0.15, 0.2) is 41.5 Å². The molecule has 0 saturated carbocycles. The average Bonchev–Trinajstić information content (AvgIpc) is 2.73. The molecule has 1 N–H and O–H groups in total. The molecule has 0 bridgehead atoms. The van der Waals surface area contributed by atoms with Gasteiger partial charge in [0.15, 0.2) is 11.5 Å². The summed E-state index contributed by atoms with van der Waals surface area (Å²) < 4.78 is 30.3. The molecule has 0 saturated heterocycles. The molecule has 9 heteroatoms. The van der Waals surface area contributed by atoms with Crippen molar-refractivity contribution in [1.82, 2.24) is 14.9 Å². The maximum absolute atomic E-state index is 13.3. The van der Waals surface area contributed by atoms with Crippen LogP contribution < -0.4 is 25.1 Å². The van der Waals surface area contributed by atoms with Crippen LogP contribution in [0.3, 0.4) is 0 Å². The Morgan fingerprint density at radius 2 is 1.76 bits per heavy atom. The summed E-state index contributed by atoms with van der Waals surface area (Å²) in [6.45, 7) is -0.0713. The van der Waals surface area contributed by atoms with E-state index in [2.05, 4.69) is 10.3 Å². The van der Waals surface area contributed by atoms with E-state index in [0.29, 0.717) is 22.8 Å². The number of halogens is 1. The van der Waals surface area contributed by atoms with E-state index in [-0.39, 0.29) is 24.0 Å². The number of carbonyl (C=O) groups excluding carboxylic acids is 1. The highest BCUT2D eigenvalue weighted by molar-refractivity contribution is 5.79. The molecule has 0 aliphatic carbocycles. The van der Waals surface area contributed by atoms with Crippen molar-refractivity contribution in [1.29, 1.82) is 0 Å². The first-order valence-corrected chi connectivity index (χ1v) is 8.67. The minimum atomic E-state index is -0.483. The quantitative estimate of drug-likeness (QED) is 0.650. The van der Waals surface area contributed by atoms with Gasteiger partial charge in [-0.3, -0.25) is 14.2 Å². The molecule has 0 aliphatic heterocycles. The average molecular weight is 401 g/mol. The van der Waals surface area contributed by atoms with Crippen molar-refractivity contribution in [2.24, 2.45) is 0 Å². The molecule has 29 heavy (non-hydrogen) atoms. The number of methoxy groups -OCH3 is 3. The van der Waals surface area contributed by atoms with E-state index in [1.807, 2.05) is 0 Å². The Hall–Kier alpha value is -3.62. The minimum Gasteiger partial charge on any atom is -0.496 e. The number of nitrogens with one attached hydrogen (secondary N) is 1. The first-order valence-electron chi connectivity index (χ1n) is 8.67. The topological polar surface area (TPSA) is 91.7 Å². The molecule has 2 aromatic carbocycles. The van der Waals surface area contributed by atoms with Gasteiger partial charge in [-0.1, -0.05) is 0 Å². The summed E-state index contributed by atoms with van der Waals surface area (Å²) in [6, 6.07) is 7.07. The van der Waals surface area contributed by atoms with Crippen LogP contribution in [0, 0.1) is 5.82 Å². The maximum atomic E-state index is 13.3. The van der Waals surface area contributed by atoms with E-state index in [9.17, 15) is 14.0 Å². The summed E-state index contributed by atoms with van der Waals surface area (Å²) in [5.41, 5.74) is 0.494. The third-order valence-electron chi connectivity index (χ3n) is 4.36. The molecule has 3 rings (SSSR count). The summed E-state index contributed by atoms with van der Waals surface area (Å²) >= 11 is 0. The molecule has 0 radical (unpaired) electrons. The number of aromatic nitrogens is 2. The predicted molar refractivity (Wildman–Crippen MR) is 104 cm³/mol. The first-order chi connectivity index (χ1) is 14.0. The van der Waals surface area contributed by atoms with Crippen molar-refractivity contribution in [2.75, 3.05) is 21.3 Å². The number of carbonyl (C=O) groups is 1. The number of benzene rings is 2. The molecular formula is C20H20FN3O5. The molecule has 0 fully saturated rings. The van der Waals surface area contributed by atoms with Crippen molar-refractivity contribution in [2.45, 2.75) is 13.1 Å². The van der Waals surface area contributed by atoms with Gasteiger partial charge in [0.25, 0.3) is 5.56 Å². The van der Waals surface area contributed by atoms with Gasteiger partial charge < -0.3 is 19.5 Å². The lowest BCUT2D eigenvalue weighted by atomic mass is 10.1. The number of nitrogens with zero attached hydrogens (tertiary/aromatic N) is 2. The SMILES string of the molecule is COc1cc(OC)c(OC)cc1CNC(=O)Cn1cnc2cc(F)ccc2c1=O. The highest BCUT2D eigenvalue weighted by Gasteiger charge is 2.14. The van der Waals surface area contributed by atoms with Crippen molar-refractivity contribution in [3.8, 4) is 17.2 Å². The number of hydrogen-bond acceptors (Lipinski definition) is 6. The standard InChI is InChI=1S/C20H20FN3O5/c1-27-16-8-18(29-3)17(28-2)6-12(16)9-22-19(25)10-24-11-23-15-7-13(21)4-5-14(15)20(24)26/h4-8,11H,9-10H2,1-3H3,(H,22,25). The van der Waals surface area contributed by atoms with Crippen molar-refractivity contribution in [3.05, 3.63) is 58.4 Å². The van der Waals surface area contributed by atoms with Crippen LogP contribution in [0.1, 0.15) is 5.56 Å². The van der Waals surface area contributed by atoms with Gasteiger partial charge in [-0.05, 0) is 18.2 Å². The fraction of sp³-hybridized carbons (Fsp3) is 0.250. The van der Waals surface area contributed by atoms with Gasteiger partial charge in [-0.25, -0.2) is 9.37 Å². The Labute approximate surface area is 165 Å². The smallest absolute Gasteiger partial charge is 0.261 e. The van der Waals surface area contributed by atoms with E-state index in [0.717, 1.165) is 0 Å². The van der Waals surface area contributed by atoms with E-state index in [1.165, 1.54) is 50.4 Å². The number of hydrogen-bond donors (Lipinski definition) is 1. The highest BCUT2D eigenvalue weighted by Crippen LogP contribution is 2.34. The lowest BCUT2D eigenvalue weighted by molar-refractivity contribution is -0.121. The van der Waals surface area contributed by atoms with Crippen LogP contribution in [-0.2, 0) is 17.9 Å². The Kier molecular flexibility index (Phi) is 5.96. The van der Waals surface area contributed by atoms with Crippen molar-refractivity contribution in [3.63, 3.8) is 0 Å². The molecule has 0 atom stereocenters. The second-order valence-corrected chi connectivity index (χ2v) is 6.13. The maximum Gasteiger partial charge on any atom is 0.261 e. The summed E-state index contributed by atoms with van der Waals surface area (Å²) in [7, 11) is 4.54. The van der Waals surface area contributed by atoms with E-state index < -0.39 is 17.3 Å². The highest BCUT2D eigenvalue weighted by atomic mass is 19.1. The Bertz CT molecular complexity index is 1110. The number of rotatable bonds is 7. The first kappa shape index (κ1) is 20.1. The minimum absolute atomic E-state index is 0.156. The fourth-order valence-electron chi connectivity index (χ4n) is 2.88. The number of amides is 1. The van der Waals surface area contributed by atoms with Crippen LogP contribution in [0.4, 0.5) is 4.39 Å². The van der Waals surface area contributed by atoms with Gasteiger partial charge >= 0.3 is 0 Å². The summed E-state index contributed by atoms with van der Waals surface area (Å²) in [5, 5.41) is 2.97. The van der Waals surface area contributed by atoms with Crippen LogP contribution >= 0.6 is 0 Å². The molecule has 1 amide bonds. The lowest BCUT2D eigenvalue weighted by Crippen LogP contribution is -2.32. The molecule has 3 aromatic rings. The third kappa shape index (κ3) is 4.29. The zero-order chi connectivity index (χ0) is 21.0. The molecular weight excluding hydrogens is 381 g/mol. The van der Waals surface area contributed by atoms with Crippen LogP contribution in [-0.4, -0.2) is 36.8 Å². The van der Waals surface area contributed by atoms with Crippen LogP contribution in [0.5, 0.6) is 17.2 Å². The zero-order valence-electron chi connectivity index (χ0n) is 16.2. The van der Waals surface area contributed by atoms with Crippen LogP contribution in [0.2, 0.25) is 0 Å². The molecule has 0 spiro atoms. The van der Waals surface area contributed by atoms with Gasteiger partial charge in [0.1, 0.15) is 18.1 Å². The van der Waals surface area contributed by atoms with Gasteiger partial charge in [0.05, 0.1) is 38.6 Å².